The summed E-state index contributed by atoms with van der Waals surface area (Å²) in [5, 5.41) is 0. The van der Waals surface area contributed by atoms with Gasteiger partial charge in [-0.15, -0.1) is 0 Å². The van der Waals surface area contributed by atoms with Crippen LogP contribution in [-0.2, 0) is 4.79 Å². The summed E-state index contributed by atoms with van der Waals surface area (Å²) >= 11 is 0. The highest BCUT2D eigenvalue weighted by Crippen LogP contribution is 2.29. The maximum Gasteiger partial charge on any atom is 0.139 e. The molecule has 0 aromatic heterocycles. The Hall–Kier alpha value is -0.590. The fraction of sp³-hybridized carbons (Fsp3) is 0.750. The van der Waals surface area contributed by atoms with Crippen molar-refractivity contribution in [2.75, 3.05) is 0 Å². The van der Waals surface area contributed by atoms with Crippen molar-refractivity contribution in [3.05, 3.63) is 11.6 Å². The summed E-state index contributed by atoms with van der Waals surface area (Å²) in [7, 11) is 0. The molecule has 2 rings (SSSR count). The molecule has 72 valence electrons. The molecule has 0 aromatic carbocycles. The van der Waals surface area contributed by atoms with Crippen LogP contribution in [0.25, 0.3) is 0 Å². The minimum Gasteiger partial charge on any atom is -0.299 e. The molecule has 2 aliphatic carbocycles. The Balaban J connectivity index is 1.83. The summed E-state index contributed by atoms with van der Waals surface area (Å²) < 4.78 is 0. The Labute approximate surface area is 80.2 Å². The third-order valence-electron chi connectivity index (χ3n) is 3.35. The number of hydrogen-bond acceptors (Lipinski definition) is 1. The molecule has 1 nitrogen and oxygen atoms in total. The van der Waals surface area contributed by atoms with Gasteiger partial charge in [0.15, 0.2) is 0 Å². The molecule has 0 N–H and O–H groups in total. The summed E-state index contributed by atoms with van der Waals surface area (Å²) in [6.07, 6.45) is 11.6. The van der Waals surface area contributed by atoms with Crippen LogP contribution < -0.4 is 0 Å². The molecule has 1 saturated carbocycles. The van der Waals surface area contributed by atoms with Crippen molar-refractivity contribution in [1.29, 1.82) is 0 Å². The molecule has 13 heavy (non-hydrogen) atoms. The molecule has 0 unspecified atom stereocenters. The summed E-state index contributed by atoms with van der Waals surface area (Å²) in [5.41, 5.74) is 1.41. The van der Waals surface area contributed by atoms with Gasteiger partial charge in [-0.25, -0.2) is 0 Å². The Morgan fingerprint density at radius 2 is 2.08 bits per heavy atom. The number of carbonyl (C=O) groups excluding carboxylic acids is 1. The second-order valence-electron chi connectivity index (χ2n) is 4.38. The summed E-state index contributed by atoms with van der Waals surface area (Å²) in [6, 6.07) is 0. The first-order chi connectivity index (χ1) is 6.36. The molecular weight excluding hydrogens is 160 g/mol. The van der Waals surface area contributed by atoms with Gasteiger partial charge < -0.3 is 0 Å². The second-order valence-corrected chi connectivity index (χ2v) is 4.38. The highest BCUT2D eigenvalue weighted by atomic mass is 16.1. The Morgan fingerprint density at radius 3 is 2.69 bits per heavy atom. The lowest BCUT2D eigenvalue weighted by Crippen LogP contribution is -2.10. The normalized spacial score (nSPS) is 23.5. The van der Waals surface area contributed by atoms with Gasteiger partial charge in [0.25, 0.3) is 0 Å². The quantitative estimate of drug-likeness (QED) is 0.606. The van der Waals surface area contributed by atoms with E-state index in [0.29, 0.717) is 11.7 Å². The monoisotopic (exact) mass is 178 g/mol. The van der Waals surface area contributed by atoms with E-state index in [2.05, 4.69) is 6.08 Å². The maximum atomic E-state index is 11.8. The van der Waals surface area contributed by atoms with Gasteiger partial charge in [0.1, 0.15) is 5.78 Å². The lowest BCUT2D eigenvalue weighted by molar-refractivity contribution is -0.122. The third kappa shape index (κ3) is 2.20. The molecule has 0 amide bonds. The number of Topliss-reactive ketones (excluding diaryl/α,β-unsaturated/α-hetero) is 1. The molecule has 0 aliphatic heterocycles. The summed E-state index contributed by atoms with van der Waals surface area (Å²) in [5.74, 6) is 0.937. The average molecular weight is 178 g/mol. The molecule has 0 heterocycles. The molecule has 0 radical (unpaired) electrons. The lowest BCUT2D eigenvalue weighted by atomic mass is 9.96. The largest absolute Gasteiger partial charge is 0.299 e. The van der Waals surface area contributed by atoms with Crippen molar-refractivity contribution in [1.82, 2.24) is 0 Å². The van der Waals surface area contributed by atoms with Crippen LogP contribution in [0, 0.1) is 5.92 Å². The van der Waals surface area contributed by atoms with Crippen molar-refractivity contribution in [3.63, 3.8) is 0 Å². The van der Waals surface area contributed by atoms with Crippen molar-refractivity contribution >= 4 is 5.78 Å². The SMILES string of the molecule is O=C(CC1=CCCC1)C1CCCC1. The van der Waals surface area contributed by atoms with Gasteiger partial charge in [-0.2, -0.15) is 0 Å². The van der Waals surface area contributed by atoms with Crippen molar-refractivity contribution in [3.8, 4) is 0 Å². The van der Waals surface area contributed by atoms with E-state index in [4.69, 9.17) is 0 Å². The molecule has 0 aromatic rings. The second kappa shape index (κ2) is 4.08. The van der Waals surface area contributed by atoms with Crippen LogP contribution in [0.15, 0.2) is 11.6 Å². The van der Waals surface area contributed by atoms with E-state index < -0.39 is 0 Å². The molecule has 0 atom stereocenters. The number of hydrogen-bond donors (Lipinski definition) is 0. The first-order valence-electron chi connectivity index (χ1n) is 5.57. The Kier molecular flexibility index (Phi) is 2.82. The van der Waals surface area contributed by atoms with E-state index in [-0.39, 0.29) is 0 Å². The van der Waals surface area contributed by atoms with Crippen LogP contribution >= 0.6 is 0 Å². The van der Waals surface area contributed by atoms with E-state index in [1.165, 1.54) is 37.7 Å². The number of carbonyl (C=O) groups is 1. The summed E-state index contributed by atoms with van der Waals surface area (Å²) in [6.45, 7) is 0. The van der Waals surface area contributed by atoms with E-state index in [1.54, 1.807) is 0 Å². The molecule has 1 fully saturated rings. The minimum absolute atomic E-state index is 0.418. The number of ketones is 1. The van der Waals surface area contributed by atoms with Crippen LogP contribution in [-0.4, -0.2) is 5.78 Å². The standard InChI is InChI=1S/C12H18O/c13-12(11-7-3-4-8-11)9-10-5-1-2-6-10/h5,11H,1-4,6-9H2. The maximum absolute atomic E-state index is 11.8. The molecule has 1 heteroatoms. The number of allylic oxidation sites excluding steroid dienone is 2. The molecule has 0 spiro atoms. The van der Waals surface area contributed by atoms with Crippen LogP contribution in [0.5, 0.6) is 0 Å². The first-order valence-corrected chi connectivity index (χ1v) is 5.57. The zero-order valence-corrected chi connectivity index (χ0v) is 8.22. The average Bonchev–Trinajstić information content (AvgIpc) is 2.74. The van der Waals surface area contributed by atoms with E-state index in [9.17, 15) is 4.79 Å². The predicted molar refractivity (Wildman–Crippen MR) is 53.5 cm³/mol. The third-order valence-corrected chi connectivity index (χ3v) is 3.35. The molecule has 2 aliphatic rings. The smallest absolute Gasteiger partial charge is 0.139 e. The topological polar surface area (TPSA) is 17.1 Å². The van der Waals surface area contributed by atoms with Gasteiger partial charge in [0.2, 0.25) is 0 Å². The lowest BCUT2D eigenvalue weighted by Gasteiger charge is -2.07. The zero-order valence-electron chi connectivity index (χ0n) is 8.22. The Bertz CT molecular complexity index is 221. The number of rotatable bonds is 3. The van der Waals surface area contributed by atoms with Gasteiger partial charge in [-0.05, 0) is 32.1 Å². The highest BCUT2D eigenvalue weighted by molar-refractivity contribution is 5.83. The highest BCUT2D eigenvalue weighted by Gasteiger charge is 2.23. The minimum atomic E-state index is 0.418. The van der Waals surface area contributed by atoms with Crippen LogP contribution in [0.4, 0.5) is 0 Å². The van der Waals surface area contributed by atoms with Gasteiger partial charge in [-0.1, -0.05) is 24.5 Å². The molecule has 0 saturated heterocycles. The van der Waals surface area contributed by atoms with Crippen LogP contribution in [0.3, 0.4) is 0 Å². The molecular formula is C12H18O. The van der Waals surface area contributed by atoms with Crippen LogP contribution in [0.1, 0.15) is 51.4 Å². The van der Waals surface area contributed by atoms with E-state index >= 15 is 0 Å². The van der Waals surface area contributed by atoms with Crippen molar-refractivity contribution in [2.45, 2.75) is 51.4 Å². The zero-order chi connectivity index (χ0) is 9.10. The summed E-state index contributed by atoms with van der Waals surface area (Å²) in [4.78, 5) is 11.8. The fourth-order valence-corrected chi connectivity index (χ4v) is 2.51. The van der Waals surface area contributed by atoms with Gasteiger partial charge in [0, 0.05) is 12.3 Å². The van der Waals surface area contributed by atoms with Crippen molar-refractivity contribution in [2.24, 2.45) is 5.92 Å². The van der Waals surface area contributed by atoms with E-state index in [0.717, 1.165) is 19.3 Å². The van der Waals surface area contributed by atoms with Gasteiger partial charge in [0.05, 0.1) is 0 Å². The predicted octanol–water partition coefficient (Wildman–Crippen LogP) is 3.25. The Morgan fingerprint density at radius 1 is 1.31 bits per heavy atom. The first kappa shape index (κ1) is 8.98. The van der Waals surface area contributed by atoms with Gasteiger partial charge >= 0.3 is 0 Å². The van der Waals surface area contributed by atoms with Crippen LogP contribution in [0.2, 0.25) is 0 Å². The fourth-order valence-electron chi connectivity index (χ4n) is 2.51. The van der Waals surface area contributed by atoms with E-state index in [1.807, 2.05) is 0 Å². The van der Waals surface area contributed by atoms with Gasteiger partial charge in [-0.3, -0.25) is 4.79 Å². The molecule has 0 bridgehead atoms. The van der Waals surface area contributed by atoms with Crippen molar-refractivity contribution < 1.29 is 4.79 Å².